The summed E-state index contributed by atoms with van der Waals surface area (Å²) in [6.45, 7) is 2.96. The third kappa shape index (κ3) is 3.98. The van der Waals surface area contributed by atoms with Crippen LogP contribution in [0, 0.1) is 0 Å². The average Bonchev–Trinajstić information content (AvgIpc) is 3.42. The van der Waals surface area contributed by atoms with E-state index >= 15 is 0 Å². The van der Waals surface area contributed by atoms with Crippen molar-refractivity contribution < 1.29 is 4.79 Å². The molecule has 5 heteroatoms. The van der Waals surface area contributed by atoms with E-state index in [1.54, 1.807) is 6.20 Å². The molecule has 5 nitrogen and oxygen atoms in total. The van der Waals surface area contributed by atoms with Gasteiger partial charge in [0.05, 0.1) is 12.2 Å². The summed E-state index contributed by atoms with van der Waals surface area (Å²) in [4.78, 5) is 14.8. The Morgan fingerprint density at radius 1 is 1.12 bits per heavy atom. The number of nitrogens with one attached hydrogen (secondary N) is 1. The van der Waals surface area contributed by atoms with E-state index in [9.17, 15) is 4.79 Å². The zero-order valence-electron chi connectivity index (χ0n) is 15.3. The Kier molecular flexibility index (Phi) is 5.34. The maximum atomic E-state index is 12.4. The van der Waals surface area contributed by atoms with Crippen LogP contribution in [0.1, 0.15) is 56.0 Å². The summed E-state index contributed by atoms with van der Waals surface area (Å²) >= 11 is 0. The van der Waals surface area contributed by atoms with Crippen LogP contribution in [0.2, 0.25) is 0 Å². The summed E-state index contributed by atoms with van der Waals surface area (Å²) in [5, 5.41) is 7.49. The van der Waals surface area contributed by atoms with Gasteiger partial charge >= 0.3 is 0 Å². The van der Waals surface area contributed by atoms with Crippen LogP contribution in [0.15, 0.2) is 42.6 Å². The van der Waals surface area contributed by atoms with Gasteiger partial charge in [-0.05, 0) is 37.3 Å². The predicted molar refractivity (Wildman–Crippen MR) is 103 cm³/mol. The third-order valence-electron chi connectivity index (χ3n) is 5.81. The lowest BCUT2D eigenvalue weighted by Gasteiger charge is -2.17. The van der Waals surface area contributed by atoms with Crippen LogP contribution >= 0.6 is 0 Å². The second kappa shape index (κ2) is 8.04. The molecule has 0 unspecified atom stereocenters. The Morgan fingerprint density at radius 2 is 1.92 bits per heavy atom. The first kappa shape index (κ1) is 17.3. The molecule has 1 saturated heterocycles. The van der Waals surface area contributed by atoms with Gasteiger partial charge < -0.3 is 10.2 Å². The molecule has 1 aliphatic heterocycles. The number of anilines is 1. The number of benzene rings is 1. The van der Waals surface area contributed by atoms with E-state index < -0.39 is 0 Å². The fourth-order valence-electron chi connectivity index (χ4n) is 4.35. The Morgan fingerprint density at radius 3 is 2.73 bits per heavy atom. The van der Waals surface area contributed by atoms with Gasteiger partial charge in [-0.25, -0.2) is 4.68 Å². The van der Waals surface area contributed by atoms with Gasteiger partial charge in [0.25, 0.3) is 0 Å². The van der Waals surface area contributed by atoms with Crippen LogP contribution in [-0.4, -0.2) is 40.2 Å². The van der Waals surface area contributed by atoms with E-state index in [0.717, 1.165) is 25.5 Å². The largest absolute Gasteiger partial charge is 0.311 e. The van der Waals surface area contributed by atoms with Crippen LogP contribution in [-0.2, 0) is 4.79 Å². The first-order valence-electron chi connectivity index (χ1n) is 9.90. The number of amides is 1. The number of hydrogen-bond donors (Lipinski definition) is 1. The van der Waals surface area contributed by atoms with Crippen molar-refractivity contribution in [2.24, 2.45) is 0 Å². The molecule has 2 aromatic rings. The van der Waals surface area contributed by atoms with E-state index in [2.05, 4.69) is 45.6 Å². The topological polar surface area (TPSA) is 50.2 Å². The first-order valence-corrected chi connectivity index (χ1v) is 9.90. The Bertz CT molecular complexity index is 721. The number of carbonyl (C=O) groups excluding carboxylic acids is 1. The van der Waals surface area contributed by atoms with Crippen LogP contribution < -0.4 is 5.32 Å². The van der Waals surface area contributed by atoms with Crippen LogP contribution in [0.4, 0.5) is 5.82 Å². The van der Waals surface area contributed by atoms with Crippen molar-refractivity contribution >= 4 is 11.7 Å². The van der Waals surface area contributed by atoms with E-state index in [1.807, 2.05) is 10.7 Å². The molecule has 1 N–H and O–H groups in total. The summed E-state index contributed by atoms with van der Waals surface area (Å²) in [7, 11) is 0. The smallest absolute Gasteiger partial charge is 0.226 e. The zero-order valence-corrected chi connectivity index (χ0v) is 15.3. The van der Waals surface area contributed by atoms with Crippen molar-refractivity contribution in [3.05, 3.63) is 48.2 Å². The summed E-state index contributed by atoms with van der Waals surface area (Å²) < 4.78 is 2.01. The Labute approximate surface area is 155 Å². The predicted octanol–water partition coefficient (Wildman–Crippen LogP) is 3.82. The normalized spacial score (nSPS) is 21.3. The molecular formula is C21H28N4O. The molecule has 0 bridgehead atoms. The highest BCUT2D eigenvalue weighted by molar-refractivity contribution is 5.89. The molecule has 138 valence electrons. The molecule has 1 aliphatic carbocycles. The minimum atomic E-state index is 0.0907. The minimum Gasteiger partial charge on any atom is -0.311 e. The molecule has 1 amide bonds. The van der Waals surface area contributed by atoms with Gasteiger partial charge in [0.2, 0.25) is 5.91 Å². The maximum absolute atomic E-state index is 12.4. The van der Waals surface area contributed by atoms with E-state index in [1.165, 1.54) is 37.7 Å². The van der Waals surface area contributed by atoms with E-state index in [0.29, 0.717) is 18.4 Å². The third-order valence-corrected chi connectivity index (χ3v) is 5.81. The van der Waals surface area contributed by atoms with Crippen molar-refractivity contribution in [1.29, 1.82) is 0 Å². The molecule has 1 aromatic carbocycles. The van der Waals surface area contributed by atoms with Crippen LogP contribution in [0.25, 0.3) is 0 Å². The van der Waals surface area contributed by atoms with Crippen molar-refractivity contribution in [1.82, 2.24) is 14.7 Å². The van der Waals surface area contributed by atoms with Gasteiger partial charge in [0.15, 0.2) is 0 Å². The summed E-state index contributed by atoms with van der Waals surface area (Å²) in [5.41, 5.74) is 1.42. The molecule has 2 aliphatic rings. The van der Waals surface area contributed by atoms with Crippen molar-refractivity contribution in [2.75, 3.05) is 25.0 Å². The first-order chi connectivity index (χ1) is 12.8. The summed E-state index contributed by atoms with van der Waals surface area (Å²) in [5.74, 6) is 1.54. The van der Waals surface area contributed by atoms with Crippen molar-refractivity contribution in [3.8, 4) is 0 Å². The highest BCUT2D eigenvalue weighted by Crippen LogP contribution is 2.31. The number of aromatic nitrogens is 2. The molecule has 2 fully saturated rings. The van der Waals surface area contributed by atoms with E-state index in [4.69, 9.17) is 0 Å². The second-order valence-electron chi connectivity index (χ2n) is 7.59. The number of carbonyl (C=O) groups is 1. The molecule has 1 aromatic heterocycles. The van der Waals surface area contributed by atoms with Gasteiger partial charge in [-0.3, -0.25) is 4.79 Å². The number of nitrogens with zero attached hydrogens (tertiary/aromatic N) is 3. The highest BCUT2D eigenvalue weighted by atomic mass is 16.1. The lowest BCUT2D eigenvalue weighted by Crippen LogP contribution is -2.26. The Balaban J connectivity index is 1.26. The molecular weight excluding hydrogens is 324 g/mol. The SMILES string of the molecule is O=C(CCN1CC[C@@H](c2ccccc2)C1)Nc1ccnn1C1CCCC1. The lowest BCUT2D eigenvalue weighted by atomic mass is 9.99. The average molecular weight is 352 g/mol. The van der Waals surface area contributed by atoms with E-state index in [-0.39, 0.29) is 5.91 Å². The quantitative estimate of drug-likeness (QED) is 0.860. The minimum absolute atomic E-state index is 0.0907. The van der Waals surface area contributed by atoms with Crippen molar-refractivity contribution in [3.63, 3.8) is 0 Å². The second-order valence-corrected chi connectivity index (χ2v) is 7.59. The standard InChI is InChI=1S/C21H28N4O/c26-21(23-20-10-13-22-25(20)19-8-4-5-9-19)12-15-24-14-11-18(16-24)17-6-2-1-3-7-17/h1-3,6-7,10,13,18-19H,4-5,8-9,11-12,14-16H2,(H,23,26)/t18-/m1/s1. The van der Waals surface area contributed by atoms with Crippen LogP contribution in [0.5, 0.6) is 0 Å². The van der Waals surface area contributed by atoms with Crippen LogP contribution in [0.3, 0.4) is 0 Å². The molecule has 26 heavy (non-hydrogen) atoms. The molecule has 1 saturated carbocycles. The van der Waals surface area contributed by atoms with Gasteiger partial charge in [0, 0.05) is 25.6 Å². The lowest BCUT2D eigenvalue weighted by molar-refractivity contribution is -0.116. The number of hydrogen-bond acceptors (Lipinski definition) is 3. The molecule has 0 spiro atoms. The van der Waals surface area contributed by atoms with Crippen molar-refractivity contribution in [2.45, 2.75) is 50.5 Å². The number of likely N-dealkylation sites (tertiary alicyclic amines) is 1. The molecule has 4 rings (SSSR count). The molecule has 0 radical (unpaired) electrons. The summed E-state index contributed by atoms with van der Waals surface area (Å²) in [6, 6.07) is 13.1. The fraction of sp³-hybridized carbons (Fsp3) is 0.524. The van der Waals surface area contributed by atoms with Gasteiger partial charge in [-0.15, -0.1) is 0 Å². The summed E-state index contributed by atoms with van der Waals surface area (Å²) in [6.07, 6.45) is 8.36. The zero-order chi connectivity index (χ0) is 17.8. The van der Waals surface area contributed by atoms with Gasteiger partial charge in [-0.2, -0.15) is 5.10 Å². The molecule has 1 atom stereocenters. The number of rotatable bonds is 6. The van der Waals surface area contributed by atoms with Gasteiger partial charge in [0.1, 0.15) is 5.82 Å². The Hall–Kier alpha value is -2.14. The maximum Gasteiger partial charge on any atom is 0.226 e. The fourth-order valence-corrected chi connectivity index (χ4v) is 4.35. The highest BCUT2D eigenvalue weighted by Gasteiger charge is 2.24. The monoisotopic (exact) mass is 352 g/mol. The van der Waals surface area contributed by atoms with Gasteiger partial charge in [-0.1, -0.05) is 43.2 Å². The molecule has 2 heterocycles.